The van der Waals surface area contributed by atoms with Crippen LogP contribution in [0, 0.1) is 5.92 Å². The summed E-state index contributed by atoms with van der Waals surface area (Å²) in [7, 11) is 1.55. The number of benzene rings is 1. The van der Waals surface area contributed by atoms with E-state index in [1.165, 1.54) is 6.07 Å². The standard InChI is InChI=1S/C19H23N3O2/c1-13(2)12-21-18(23)15-10-16(9-14-7-5-4-6-8-14)22-17(11-15)19(24)20-3/h4-8,10-11,13H,9,12H2,1-3H3,(H,20,24)(H,21,23). The van der Waals surface area contributed by atoms with Crippen molar-refractivity contribution in [2.75, 3.05) is 13.6 Å². The molecule has 2 N–H and O–H groups in total. The van der Waals surface area contributed by atoms with Gasteiger partial charge in [-0.2, -0.15) is 0 Å². The van der Waals surface area contributed by atoms with Gasteiger partial charge < -0.3 is 10.6 Å². The third kappa shape index (κ3) is 4.91. The van der Waals surface area contributed by atoms with Gasteiger partial charge in [-0.1, -0.05) is 44.2 Å². The Morgan fingerprint density at radius 1 is 1.08 bits per heavy atom. The van der Waals surface area contributed by atoms with Gasteiger partial charge in [0.05, 0.1) is 0 Å². The minimum Gasteiger partial charge on any atom is -0.354 e. The number of hydrogen-bond acceptors (Lipinski definition) is 3. The monoisotopic (exact) mass is 325 g/mol. The van der Waals surface area contributed by atoms with E-state index in [4.69, 9.17) is 0 Å². The number of amides is 2. The molecule has 2 amide bonds. The first-order chi connectivity index (χ1) is 11.5. The van der Waals surface area contributed by atoms with Crippen LogP contribution in [0.1, 0.15) is 46.0 Å². The second-order valence-electron chi connectivity index (χ2n) is 6.08. The summed E-state index contributed by atoms with van der Waals surface area (Å²) in [5, 5.41) is 5.43. The third-order valence-corrected chi connectivity index (χ3v) is 3.50. The number of rotatable bonds is 6. The van der Waals surface area contributed by atoms with Crippen LogP contribution in [0.25, 0.3) is 0 Å². The summed E-state index contributed by atoms with van der Waals surface area (Å²) in [6.45, 7) is 4.65. The van der Waals surface area contributed by atoms with E-state index in [0.717, 1.165) is 5.56 Å². The third-order valence-electron chi connectivity index (χ3n) is 3.50. The summed E-state index contributed by atoms with van der Waals surface area (Å²) >= 11 is 0. The largest absolute Gasteiger partial charge is 0.354 e. The molecule has 0 aliphatic carbocycles. The second kappa shape index (κ2) is 8.24. The van der Waals surface area contributed by atoms with Crippen LogP contribution in [-0.2, 0) is 6.42 Å². The van der Waals surface area contributed by atoms with Gasteiger partial charge in [-0.3, -0.25) is 9.59 Å². The molecule has 0 spiro atoms. The maximum Gasteiger partial charge on any atom is 0.269 e. The van der Waals surface area contributed by atoms with Crippen LogP contribution in [0.2, 0.25) is 0 Å². The molecule has 0 fully saturated rings. The Morgan fingerprint density at radius 2 is 1.79 bits per heavy atom. The molecule has 0 atom stereocenters. The molecule has 2 rings (SSSR count). The molecule has 0 aliphatic rings. The van der Waals surface area contributed by atoms with Gasteiger partial charge >= 0.3 is 0 Å². The van der Waals surface area contributed by atoms with Crippen LogP contribution < -0.4 is 10.6 Å². The Bertz CT molecular complexity index is 712. The van der Waals surface area contributed by atoms with Gasteiger partial charge in [-0.15, -0.1) is 0 Å². The lowest BCUT2D eigenvalue weighted by Gasteiger charge is -2.11. The maximum absolute atomic E-state index is 12.3. The van der Waals surface area contributed by atoms with Gasteiger partial charge in [0.15, 0.2) is 0 Å². The Labute approximate surface area is 142 Å². The van der Waals surface area contributed by atoms with Crippen molar-refractivity contribution >= 4 is 11.8 Å². The van der Waals surface area contributed by atoms with Crippen LogP contribution in [0.4, 0.5) is 0 Å². The van der Waals surface area contributed by atoms with Crippen molar-refractivity contribution in [2.45, 2.75) is 20.3 Å². The van der Waals surface area contributed by atoms with E-state index >= 15 is 0 Å². The maximum atomic E-state index is 12.3. The fourth-order valence-corrected chi connectivity index (χ4v) is 2.26. The SMILES string of the molecule is CNC(=O)c1cc(C(=O)NCC(C)C)cc(Cc2ccccc2)n1. The van der Waals surface area contributed by atoms with E-state index in [1.807, 2.05) is 44.2 Å². The number of pyridine rings is 1. The zero-order chi connectivity index (χ0) is 17.5. The van der Waals surface area contributed by atoms with E-state index in [1.54, 1.807) is 13.1 Å². The lowest BCUT2D eigenvalue weighted by Crippen LogP contribution is -2.28. The van der Waals surface area contributed by atoms with Crippen LogP contribution in [0.15, 0.2) is 42.5 Å². The number of carbonyl (C=O) groups excluding carboxylic acids is 2. The van der Waals surface area contributed by atoms with Crippen LogP contribution in [-0.4, -0.2) is 30.4 Å². The number of aromatic nitrogens is 1. The number of hydrogen-bond donors (Lipinski definition) is 2. The summed E-state index contributed by atoms with van der Waals surface area (Å²) in [4.78, 5) is 28.7. The van der Waals surface area contributed by atoms with Crippen LogP contribution in [0.3, 0.4) is 0 Å². The molecule has 5 heteroatoms. The summed E-state index contributed by atoms with van der Waals surface area (Å²) in [6, 6.07) is 13.1. The van der Waals surface area contributed by atoms with Crippen molar-refractivity contribution in [2.24, 2.45) is 5.92 Å². The van der Waals surface area contributed by atoms with E-state index < -0.39 is 0 Å². The summed E-state index contributed by atoms with van der Waals surface area (Å²) in [5.74, 6) is -0.133. The highest BCUT2D eigenvalue weighted by atomic mass is 16.2. The molecule has 126 valence electrons. The highest BCUT2D eigenvalue weighted by molar-refractivity contribution is 5.98. The second-order valence-corrected chi connectivity index (χ2v) is 6.08. The topological polar surface area (TPSA) is 71.1 Å². The van der Waals surface area contributed by atoms with E-state index in [-0.39, 0.29) is 17.5 Å². The lowest BCUT2D eigenvalue weighted by molar-refractivity contribution is 0.0948. The quantitative estimate of drug-likeness (QED) is 0.857. The Kier molecular flexibility index (Phi) is 6.07. The van der Waals surface area contributed by atoms with Crippen molar-refractivity contribution in [1.29, 1.82) is 0 Å². The number of nitrogens with zero attached hydrogens (tertiary/aromatic N) is 1. The van der Waals surface area contributed by atoms with Gasteiger partial charge in [0.1, 0.15) is 5.69 Å². The molecule has 1 heterocycles. The van der Waals surface area contributed by atoms with Gasteiger partial charge in [-0.25, -0.2) is 4.98 Å². The van der Waals surface area contributed by atoms with E-state index in [2.05, 4.69) is 15.6 Å². The highest BCUT2D eigenvalue weighted by Crippen LogP contribution is 2.12. The van der Waals surface area contributed by atoms with E-state index in [9.17, 15) is 9.59 Å². The average molecular weight is 325 g/mol. The number of carbonyl (C=O) groups is 2. The summed E-state index contributed by atoms with van der Waals surface area (Å²) in [6.07, 6.45) is 0.566. The zero-order valence-electron chi connectivity index (χ0n) is 14.3. The first-order valence-corrected chi connectivity index (χ1v) is 8.04. The fraction of sp³-hybridized carbons (Fsp3) is 0.316. The molecule has 0 saturated heterocycles. The molecule has 0 aliphatic heterocycles. The van der Waals surface area contributed by atoms with Crippen molar-refractivity contribution in [3.05, 3.63) is 65.0 Å². The molecule has 1 aromatic carbocycles. The molecule has 24 heavy (non-hydrogen) atoms. The van der Waals surface area contributed by atoms with Crippen molar-refractivity contribution in [3.63, 3.8) is 0 Å². The minimum atomic E-state index is -0.303. The Hall–Kier alpha value is -2.69. The summed E-state index contributed by atoms with van der Waals surface area (Å²) < 4.78 is 0. The Balaban J connectivity index is 2.30. The van der Waals surface area contributed by atoms with Gasteiger partial charge in [0.2, 0.25) is 0 Å². The van der Waals surface area contributed by atoms with Crippen LogP contribution in [0.5, 0.6) is 0 Å². The molecular weight excluding hydrogens is 302 g/mol. The highest BCUT2D eigenvalue weighted by Gasteiger charge is 2.14. The predicted octanol–water partition coefficient (Wildman–Crippen LogP) is 2.42. The fourth-order valence-electron chi connectivity index (χ4n) is 2.26. The van der Waals surface area contributed by atoms with Crippen molar-refractivity contribution in [1.82, 2.24) is 15.6 Å². The first kappa shape index (κ1) is 17.7. The molecule has 0 bridgehead atoms. The van der Waals surface area contributed by atoms with Gasteiger partial charge in [0, 0.05) is 31.3 Å². The van der Waals surface area contributed by atoms with E-state index in [0.29, 0.717) is 30.1 Å². The van der Waals surface area contributed by atoms with Crippen molar-refractivity contribution < 1.29 is 9.59 Å². The molecule has 0 radical (unpaired) electrons. The normalized spacial score (nSPS) is 10.5. The first-order valence-electron chi connectivity index (χ1n) is 8.04. The molecule has 2 aromatic rings. The molecular formula is C19H23N3O2. The number of nitrogens with one attached hydrogen (secondary N) is 2. The minimum absolute atomic E-state index is 0.189. The van der Waals surface area contributed by atoms with Crippen molar-refractivity contribution in [3.8, 4) is 0 Å². The average Bonchev–Trinajstić information content (AvgIpc) is 2.59. The molecule has 5 nitrogen and oxygen atoms in total. The molecule has 0 unspecified atom stereocenters. The molecule has 0 saturated carbocycles. The summed E-state index contributed by atoms with van der Waals surface area (Å²) in [5.41, 5.74) is 2.47. The van der Waals surface area contributed by atoms with Gasteiger partial charge in [0.25, 0.3) is 11.8 Å². The lowest BCUT2D eigenvalue weighted by atomic mass is 10.1. The Morgan fingerprint density at radius 3 is 2.42 bits per heavy atom. The molecule has 1 aromatic heterocycles. The zero-order valence-corrected chi connectivity index (χ0v) is 14.3. The van der Waals surface area contributed by atoms with Gasteiger partial charge in [-0.05, 0) is 23.6 Å². The van der Waals surface area contributed by atoms with Crippen LogP contribution >= 0.6 is 0 Å². The smallest absolute Gasteiger partial charge is 0.269 e. The predicted molar refractivity (Wildman–Crippen MR) is 94.0 cm³/mol.